The lowest BCUT2D eigenvalue weighted by Crippen LogP contribution is -2.30. The van der Waals surface area contributed by atoms with E-state index in [4.69, 9.17) is 4.74 Å². The molecule has 0 saturated heterocycles. The molecule has 9 aromatic carbocycles. The first-order valence-corrected chi connectivity index (χ1v) is 24.1. The van der Waals surface area contributed by atoms with Crippen molar-refractivity contribution in [3.63, 3.8) is 0 Å². The van der Waals surface area contributed by atoms with Gasteiger partial charge in [0.05, 0.1) is 33.4 Å². The van der Waals surface area contributed by atoms with Gasteiger partial charge in [0.2, 0.25) is 0 Å². The van der Waals surface area contributed by atoms with Gasteiger partial charge in [0.1, 0.15) is 11.5 Å². The summed E-state index contributed by atoms with van der Waals surface area (Å²) in [5.41, 5.74) is 16.0. The van der Waals surface area contributed by atoms with Crippen LogP contribution in [0.5, 0.6) is 11.5 Å². The van der Waals surface area contributed by atoms with Crippen molar-refractivity contribution in [1.29, 1.82) is 0 Å². The lowest BCUT2D eigenvalue weighted by molar-refractivity contribution is 0.486. The summed E-state index contributed by atoms with van der Waals surface area (Å²) in [6.45, 7) is 9.24. The van der Waals surface area contributed by atoms with Gasteiger partial charge in [-0.15, -0.1) is 0 Å². The molecule has 0 radical (unpaired) electrons. The van der Waals surface area contributed by atoms with Gasteiger partial charge in [-0.3, -0.25) is 0 Å². The summed E-state index contributed by atoms with van der Waals surface area (Å²) in [6, 6.07) is 74.6. The molecule has 0 aromatic heterocycles. The number of anilines is 6. The molecule has 3 aliphatic heterocycles. The zero-order valence-electron chi connectivity index (χ0n) is 36.9. The lowest BCUT2D eigenvalue weighted by atomic mass is 9.73. The van der Waals surface area contributed by atoms with Crippen LogP contribution in [0.1, 0.15) is 49.9 Å². The maximum atomic E-state index is 15.8. The number of benzene rings is 9. The second-order valence-corrected chi connectivity index (χ2v) is 21.2. The summed E-state index contributed by atoms with van der Waals surface area (Å²) in [5.74, 6) is 1.23. The maximum Gasteiger partial charge on any atom is 0.178 e. The summed E-state index contributed by atoms with van der Waals surface area (Å²) in [4.78, 5) is 4.75. The van der Waals surface area contributed by atoms with E-state index in [1.165, 1.54) is 45.0 Å². The Bertz CT molecular complexity index is 3090. The fourth-order valence-corrected chi connectivity index (χ4v) is 13.6. The van der Waals surface area contributed by atoms with Gasteiger partial charge in [-0.1, -0.05) is 167 Å². The van der Waals surface area contributed by atoms with E-state index >= 15 is 4.57 Å². The van der Waals surface area contributed by atoms with Crippen LogP contribution >= 0.6 is 7.14 Å². The molecule has 12 rings (SSSR count). The number of ether oxygens (including phenoxy) is 1. The highest BCUT2D eigenvalue weighted by Crippen LogP contribution is 2.55. The molecule has 0 bridgehead atoms. The van der Waals surface area contributed by atoms with Gasteiger partial charge in [-0.05, 0) is 117 Å². The van der Waals surface area contributed by atoms with Crippen LogP contribution in [0.4, 0.5) is 34.1 Å². The number of rotatable bonds is 5. The van der Waals surface area contributed by atoms with E-state index in [0.29, 0.717) is 22.1 Å². The van der Waals surface area contributed by atoms with Crippen LogP contribution < -0.4 is 30.5 Å². The number of para-hydroxylation sites is 4. The molecule has 0 fully saturated rings. The van der Waals surface area contributed by atoms with Crippen LogP contribution in [-0.2, 0) is 15.4 Å². The lowest BCUT2D eigenvalue weighted by Gasteiger charge is -2.42. The summed E-state index contributed by atoms with van der Waals surface area (Å²) in [5, 5.41) is 2.21. The molecule has 3 heterocycles. The number of nitrogens with zero attached hydrogens (tertiary/aromatic N) is 2. The van der Waals surface area contributed by atoms with Crippen LogP contribution in [0.15, 0.2) is 212 Å². The Balaban J connectivity index is 0.901. The highest BCUT2D eigenvalue weighted by atomic mass is 31.2. The Morgan fingerprint density at radius 2 is 0.692 bits per heavy atom. The van der Waals surface area contributed by atoms with Gasteiger partial charge in [-0.25, -0.2) is 0 Å². The first-order valence-electron chi connectivity index (χ1n) is 22.4. The van der Waals surface area contributed by atoms with Gasteiger partial charge in [0.25, 0.3) is 0 Å². The van der Waals surface area contributed by atoms with Crippen LogP contribution in [0.25, 0.3) is 22.3 Å². The molecule has 5 heteroatoms. The Morgan fingerprint density at radius 1 is 0.369 bits per heavy atom. The number of hydrogen-bond donors (Lipinski definition) is 0. The van der Waals surface area contributed by atoms with Crippen LogP contribution in [0, 0.1) is 0 Å². The molecule has 0 saturated carbocycles. The van der Waals surface area contributed by atoms with E-state index in [1.807, 2.05) is 42.5 Å². The van der Waals surface area contributed by atoms with Crippen LogP contribution in [0.3, 0.4) is 0 Å². The van der Waals surface area contributed by atoms with E-state index in [-0.39, 0.29) is 10.8 Å². The molecule has 3 aliphatic rings. The molecule has 0 N–H and O–H groups in total. The molecule has 0 atom stereocenters. The first-order chi connectivity index (χ1) is 31.6. The van der Waals surface area contributed by atoms with Gasteiger partial charge in [0.15, 0.2) is 7.14 Å². The molecule has 9 aromatic rings. The first kappa shape index (κ1) is 39.2. The summed E-state index contributed by atoms with van der Waals surface area (Å²) < 4.78 is 22.7. The van der Waals surface area contributed by atoms with E-state index in [1.54, 1.807) is 0 Å². The molecular formula is C60H47N2O2P. The monoisotopic (exact) mass is 858 g/mol. The van der Waals surface area contributed by atoms with Crippen LogP contribution in [0.2, 0.25) is 0 Å². The topological polar surface area (TPSA) is 32.8 Å². The Morgan fingerprint density at radius 3 is 1.06 bits per heavy atom. The Hall–Kier alpha value is -7.39. The van der Waals surface area contributed by atoms with E-state index in [2.05, 4.69) is 207 Å². The minimum absolute atomic E-state index is 0.123. The molecule has 65 heavy (non-hydrogen) atoms. The molecular weight excluding hydrogens is 812 g/mol. The van der Waals surface area contributed by atoms with Crippen molar-refractivity contribution < 1.29 is 9.30 Å². The normalized spacial score (nSPS) is 15.6. The standard InChI is InChI=1S/C60H47N2O2P/c1-59(2)47-18-8-12-22-51(47)61(52-23-13-9-19-48(52)59)44-32-26-40(27-33-44)42-30-36-57-55(38-42)64-56-39-43(31-37-58(56)65(57,63)46-16-6-5-7-17-46)41-28-34-45(35-29-41)62-53-24-14-10-20-49(53)60(3,4)50-21-11-15-25-54(50)62/h5-39H,1-4H3. The van der Waals surface area contributed by atoms with Crippen molar-refractivity contribution in [1.82, 2.24) is 0 Å². The summed E-state index contributed by atoms with van der Waals surface area (Å²) >= 11 is 0. The second-order valence-electron chi connectivity index (χ2n) is 18.5. The molecule has 0 amide bonds. The maximum absolute atomic E-state index is 15.8. The highest BCUT2D eigenvalue weighted by Gasteiger charge is 2.41. The van der Waals surface area contributed by atoms with Crippen molar-refractivity contribution in [2.75, 3.05) is 9.80 Å². The largest absolute Gasteiger partial charge is 0.456 e. The van der Waals surface area contributed by atoms with E-state index in [9.17, 15) is 0 Å². The highest BCUT2D eigenvalue weighted by molar-refractivity contribution is 7.85. The smallest absolute Gasteiger partial charge is 0.178 e. The molecule has 314 valence electrons. The number of fused-ring (bicyclic) bond motifs is 6. The van der Waals surface area contributed by atoms with Gasteiger partial charge in [0, 0.05) is 27.5 Å². The SMILES string of the molecule is CC1(C)c2ccccc2N(c2ccc(-c3ccc4c(c3)Oc3cc(-c5ccc(N6c7ccccc7C(C)(C)c7ccccc76)cc5)ccc3P4(=O)c3ccccc3)cc2)c2ccccc21. The molecule has 4 nitrogen and oxygen atoms in total. The second kappa shape index (κ2) is 14.6. The number of hydrogen-bond acceptors (Lipinski definition) is 4. The average molecular weight is 859 g/mol. The summed E-state index contributed by atoms with van der Waals surface area (Å²) in [7, 11) is -3.31. The third kappa shape index (κ3) is 5.94. The van der Waals surface area contributed by atoms with Gasteiger partial charge < -0.3 is 19.1 Å². The van der Waals surface area contributed by atoms with Crippen molar-refractivity contribution >= 4 is 57.2 Å². The zero-order valence-corrected chi connectivity index (χ0v) is 37.8. The predicted octanol–water partition coefficient (Wildman–Crippen LogP) is 15.0. The third-order valence-electron chi connectivity index (χ3n) is 14.1. The fraction of sp³-hybridized carbons (Fsp3) is 0.100. The quantitative estimate of drug-likeness (QED) is 0.161. The van der Waals surface area contributed by atoms with E-state index < -0.39 is 7.14 Å². The average Bonchev–Trinajstić information content (AvgIpc) is 3.35. The molecule has 0 unspecified atom stereocenters. The van der Waals surface area contributed by atoms with Crippen LogP contribution in [-0.4, -0.2) is 0 Å². The predicted molar refractivity (Wildman–Crippen MR) is 270 cm³/mol. The van der Waals surface area contributed by atoms with Crippen molar-refractivity contribution in [2.24, 2.45) is 0 Å². The van der Waals surface area contributed by atoms with Gasteiger partial charge >= 0.3 is 0 Å². The van der Waals surface area contributed by atoms with E-state index in [0.717, 1.165) is 38.9 Å². The fourth-order valence-electron chi connectivity index (χ4n) is 10.7. The summed E-state index contributed by atoms with van der Waals surface area (Å²) in [6.07, 6.45) is 0. The van der Waals surface area contributed by atoms with Crippen molar-refractivity contribution in [3.05, 3.63) is 235 Å². The molecule has 0 aliphatic carbocycles. The molecule has 0 spiro atoms. The van der Waals surface area contributed by atoms with Crippen molar-refractivity contribution in [2.45, 2.75) is 38.5 Å². The Labute approximate surface area is 381 Å². The minimum atomic E-state index is -3.31. The minimum Gasteiger partial charge on any atom is -0.456 e. The van der Waals surface area contributed by atoms with Gasteiger partial charge in [-0.2, -0.15) is 0 Å². The zero-order chi connectivity index (χ0) is 44.1. The third-order valence-corrected chi connectivity index (χ3v) is 17.2. The van der Waals surface area contributed by atoms with Crippen molar-refractivity contribution in [3.8, 4) is 33.8 Å². The Kier molecular flexibility index (Phi) is 8.79.